The SMILES string of the molecule is C[C@H]1C(=O)N2C(CN1C(=O)O)OC[C@@H]2CCC(=O)N1CCC2(CC2)[C@H](O)C1. The Balaban J connectivity index is 1.32. The molecule has 9 heteroatoms. The summed E-state index contributed by atoms with van der Waals surface area (Å²) in [5.41, 5.74) is 0.0651. The van der Waals surface area contributed by atoms with Gasteiger partial charge in [0.05, 0.1) is 25.3 Å². The van der Waals surface area contributed by atoms with E-state index < -0.39 is 24.5 Å². The zero-order chi connectivity index (χ0) is 19.3. The van der Waals surface area contributed by atoms with Crippen molar-refractivity contribution in [1.82, 2.24) is 14.7 Å². The standard InChI is InChI=1S/C18H27N3O6/c1-11-16(24)21-12(10-27-15(21)9-20(11)17(25)26)2-3-14(23)19-7-6-18(4-5-18)13(22)8-19/h11-13,15,22H,2-10H2,1H3,(H,25,26)/t11-,12-,13+,15?/m0/s1. The van der Waals surface area contributed by atoms with Gasteiger partial charge in [0.2, 0.25) is 11.8 Å². The molecule has 0 aromatic carbocycles. The molecule has 0 aromatic heterocycles. The Kier molecular flexibility index (Phi) is 4.54. The average molecular weight is 381 g/mol. The van der Waals surface area contributed by atoms with Gasteiger partial charge in [0.1, 0.15) is 6.04 Å². The van der Waals surface area contributed by atoms with Crippen molar-refractivity contribution < 1.29 is 29.3 Å². The number of hydrogen-bond acceptors (Lipinski definition) is 5. The molecule has 4 aliphatic rings. The monoisotopic (exact) mass is 381 g/mol. The molecule has 1 unspecified atom stereocenters. The van der Waals surface area contributed by atoms with Crippen molar-refractivity contribution in [2.45, 2.75) is 63.4 Å². The maximum absolute atomic E-state index is 12.6. The van der Waals surface area contributed by atoms with Gasteiger partial charge in [0, 0.05) is 19.5 Å². The molecule has 1 spiro atoms. The molecule has 3 saturated heterocycles. The molecule has 3 amide bonds. The Morgan fingerprint density at radius 3 is 2.63 bits per heavy atom. The summed E-state index contributed by atoms with van der Waals surface area (Å²) in [5, 5.41) is 19.5. The van der Waals surface area contributed by atoms with Gasteiger partial charge in [-0.2, -0.15) is 0 Å². The maximum atomic E-state index is 12.6. The highest BCUT2D eigenvalue weighted by Crippen LogP contribution is 2.53. The number of likely N-dealkylation sites (tertiary alicyclic amines) is 1. The summed E-state index contributed by atoms with van der Waals surface area (Å²) >= 11 is 0. The van der Waals surface area contributed by atoms with E-state index in [4.69, 9.17) is 4.74 Å². The number of carbonyl (C=O) groups excluding carboxylic acids is 2. The molecule has 9 nitrogen and oxygen atoms in total. The molecule has 4 atom stereocenters. The summed E-state index contributed by atoms with van der Waals surface area (Å²) in [6.45, 7) is 3.11. The number of fused-ring (bicyclic) bond motifs is 1. The Morgan fingerprint density at radius 2 is 2.00 bits per heavy atom. The van der Waals surface area contributed by atoms with Gasteiger partial charge in [-0.15, -0.1) is 0 Å². The van der Waals surface area contributed by atoms with Crippen LogP contribution in [0.3, 0.4) is 0 Å². The molecule has 2 N–H and O–H groups in total. The minimum Gasteiger partial charge on any atom is -0.465 e. The van der Waals surface area contributed by atoms with Crippen molar-refractivity contribution in [3.63, 3.8) is 0 Å². The molecular weight excluding hydrogens is 354 g/mol. The van der Waals surface area contributed by atoms with E-state index in [9.17, 15) is 24.6 Å². The minimum atomic E-state index is -1.13. The summed E-state index contributed by atoms with van der Waals surface area (Å²) in [5.74, 6) is -0.273. The summed E-state index contributed by atoms with van der Waals surface area (Å²) in [6.07, 6.45) is 1.62. The molecule has 27 heavy (non-hydrogen) atoms. The van der Waals surface area contributed by atoms with E-state index in [1.165, 1.54) is 0 Å². The fourth-order valence-electron chi connectivity index (χ4n) is 4.66. The van der Waals surface area contributed by atoms with Crippen LogP contribution in [0.4, 0.5) is 4.79 Å². The zero-order valence-corrected chi connectivity index (χ0v) is 15.5. The summed E-state index contributed by atoms with van der Waals surface area (Å²) in [6, 6.07) is -0.958. The number of piperidine rings is 1. The van der Waals surface area contributed by atoms with Gasteiger partial charge in [0.25, 0.3) is 0 Å². The largest absolute Gasteiger partial charge is 0.465 e. The first kappa shape index (κ1) is 18.5. The lowest BCUT2D eigenvalue weighted by atomic mass is 9.90. The van der Waals surface area contributed by atoms with Crippen molar-refractivity contribution in [1.29, 1.82) is 0 Å². The summed E-state index contributed by atoms with van der Waals surface area (Å²) in [7, 11) is 0. The van der Waals surface area contributed by atoms with Crippen LogP contribution in [0.2, 0.25) is 0 Å². The summed E-state index contributed by atoms with van der Waals surface area (Å²) < 4.78 is 5.63. The number of rotatable bonds is 3. The average Bonchev–Trinajstić information content (AvgIpc) is 3.30. The highest BCUT2D eigenvalue weighted by molar-refractivity contribution is 5.87. The Bertz CT molecular complexity index is 651. The molecule has 0 aromatic rings. The van der Waals surface area contributed by atoms with Crippen LogP contribution in [0.5, 0.6) is 0 Å². The number of hydrogen-bond donors (Lipinski definition) is 2. The van der Waals surface area contributed by atoms with Gasteiger partial charge in [-0.3, -0.25) is 14.5 Å². The van der Waals surface area contributed by atoms with E-state index >= 15 is 0 Å². The van der Waals surface area contributed by atoms with Crippen molar-refractivity contribution in [3.8, 4) is 0 Å². The number of amides is 3. The van der Waals surface area contributed by atoms with Crippen LogP contribution < -0.4 is 0 Å². The van der Waals surface area contributed by atoms with Crippen molar-refractivity contribution >= 4 is 17.9 Å². The lowest BCUT2D eigenvalue weighted by molar-refractivity contribution is -0.152. The number of aliphatic hydroxyl groups excluding tert-OH is 1. The number of nitrogens with zero attached hydrogens (tertiary/aromatic N) is 3. The Hall–Kier alpha value is -1.87. The number of β-amino-alcohol motifs (C(OH)–C–C–N with tert-alkyl or cyclic N) is 1. The predicted octanol–water partition coefficient (Wildman–Crippen LogP) is 0.0756. The fourth-order valence-corrected chi connectivity index (χ4v) is 4.66. The van der Waals surface area contributed by atoms with Gasteiger partial charge in [-0.1, -0.05) is 0 Å². The molecule has 4 rings (SSSR count). The van der Waals surface area contributed by atoms with Crippen LogP contribution in [0.15, 0.2) is 0 Å². The second kappa shape index (κ2) is 6.63. The van der Waals surface area contributed by atoms with Crippen LogP contribution in [0, 0.1) is 5.41 Å². The van der Waals surface area contributed by atoms with Gasteiger partial charge < -0.3 is 24.7 Å². The quantitative estimate of drug-likeness (QED) is 0.716. The fraction of sp³-hybridized carbons (Fsp3) is 0.833. The normalized spacial score (nSPS) is 34.7. The van der Waals surface area contributed by atoms with Crippen LogP contribution in [0.1, 0.15) is 39.0 Å². The first-order valence-electron chi connectivity index (χ1n) is 9.71. The molecule has 1 saturated carbocycles. The molecule has 4 fully saturated rings. The topological polar surface area (TPSA) is 111 Å². The molecule has 0 radical (unpaired) electrons. The van der Waals surface area contributed by atoms with Crippen LogP contribution in [-0.2, 0) is 14.3 Å². The van der Waals surface area contributed by atoms with Crippen LogP contribution in [0.25, 0.3) is 0 Å². The minimum absolute atomic E-state index is 0.00216. The van der Waals surface area contributed by atoms with Crippen molar-refractivity contribution in [2.24, 2.45) is 5.41 Å². The van der Waals surface area contributed by atoms with E-state index in [2.05, 4.69) is 0 Å². The van der Waals surface area contributed by atoms with Gasteiger partial charge >= 0.3 is 6.09 Å². The van der Waals surface area contributed by atoms with E-state index in [0.717, 1.165) is 24.2 Å². The van der Waals surface area contributed by atoms with Crippen molar-refractivity contribution in [3.05, 3.63) is 0 Å². The molecule has 3 aliphatic heterocycles. The van der Waals surface area contributed by atoms with Crippen LogP contribution >= 0.6 is 0 Å². The first-order chi connectivity index (χ1) is 12.8. The Morgan fingerprint density at radius 1 is 1.26 bits per heavy atom. The van der Waals surface area contributed by atoms with Crippen LogP contribution in [-0.4, -0.2) is 93.5 Å². The first-order valence-corrected chi connectivity index (χ1v) is 9.71. The smallest absolute Gasteiger partial charge is 0.408 e. The molecule has 3 heterocycles. The third kappa shape index (κ3) is 3.16. The van der Waals surface area contributed by atoms with E-state index in [-0.39, 0.29) is 29.8 Å². The molecule has 1 aliphatic carbocycles. The highest BCUT2D eigenvalue weighted by Gasteiger charge is 2.52. The zero-order valence-electron chi connectivity index (χ0n) is 15.5. The van der Waals surface area contributed by atoms with Gasteiger partial charge in [-0.25, -0.2) is 4.79 Å². The molecule has 0 bridgehead atoms. The van der Waals surface area contributed by atoms with Gasteiger partial charge in [-0.05, 0) is 38.0 Å². The number of ether oxygens (including phenoxy) is 1. The number of piperazine rings is 1. The second-order valence-corrected chi connectivity index (χ2v) is 8.30. The van der Waals surface area contributed by atoms with E-state index in [0.29, 0.717) is 32.5 Å². The lowest BCUT2D eigenvalue weighted by Crippen LogP contribution is -2.61. The van der Waals surface area contributed by atoms with Crippen molar-refractivity contribution in [2.75, 3.05) is 26.2 Å². The Labute approximate surface area is 157 Å². The predicted molar refractivity (Wildman–Crippen MR) is 92.7 cm³/mol. The number of aliphatic hydroxyl groups is 1. The van der Waals surface area contributed by atoms with Gasteiger partial charge in [0.15, 0.2) is 6.23 Å². The van der Waals surface area contributed by atoms with E-state index in [1.54, 1.807) is 16.7 Å². The lowest BCUT2D eigenvalue weighted by Gasteiger charge is -2.41. The van der Waals surface area contributed by atoms with E-state index in [1.807, 2.05) is 0 Å². The summed E-state index contributed by atoms with van der Waals surface area (Å²) in [4.78, 5) is 40.9. The molecule has 150 valence electrons. The third-order valence-electron chi connectivity index (χ3n) is 6.78. The second-order valence-electron chi connectivity index (χ2n) is 8.30. The molecular formula is C18H27N3O6. The number of carbonyl (C=O) groups is 3. The third-order valence-corrected chi connectivity index (χ3v) is 6.78. The maximum Gasteiger partial charge on any atom is 0.408 e. The number of carboxylic acid groups (broad SMARTS) is 1. The highest BCUT2D eigenvalue weighted by atomic mass is 16.5.